The number of carboxylic acids is 1. The van der Waals surface area contributed by atoms with Crippen LogP contribution in [0.5, 0.6) is 5.75 Å². The molecule has 0 atom stereocenters. The maximum atomic E-state index is 13.9. The topological polar surface area (TPSA) is 64.4 Å². The van der Waals surface area contributed by atoms with Crippen LogP contribution in [0.2, 0.25) is 0 Å². The zero-order valence-electron chi connectivity index (χ0n) is 12.9. The monoisotopic (exact) mass is 318 g/mol. The second kappa shape index (κ2) is 6.40. The van der Waals surface area contributed by atoms with Gasteiger partial charge in [0.2, 0.25) is 0 Å². The lowest BCUT2D eigenvalue weighted by molar-refractivity contribution is -0.143. The SMILES string of the molecule is COc1ccc(-c2nccn2C2CCC(C(=O)O)CC2)cc1F. The lowest BCUT2D eigenvalue weighted by Crippen LogP contribution is -2.23. The van der Waals surface area contributed by atoms with E-state index in [0.717, 1.165) is 12.8 Å². The van der Waals surface area contributed by atoms with E-state index in [9.17, 15) is 9.18 Å². The molecule has 3 rings (SSSR count). The highest BCUT2D eigenvalue weighted by molar-refractivity contribution is 5.70. The maximum absolute atomic E-state index is 13.9. The normalized spacial score (nSPS) is 21.1. The highest BCUT2D eigenvalue weighted by Gasteiger charge is 2.27. The standard InChI is InChI=1S/C17H19FN2O3/c1-23-15-7-4-12(10-14(15)18)16-19-8-9-20(16)13-5-2-11(3-6-13)17(21)22/h4,7-11,13H,2-3,5-6H2,1H3,(H,21,22). The number of nitrogens with zero attached hydrogens (tertiary/aromatic N) is 2. The number of carbonyl (C=O) groups is 1. The quantitative estimate of drug-likeness (QED) is 0.937. The zero-order valence-corrected chi connectivity index (χ0v) is 12.9. The van der Waals surface area contributed by atoms with Gasteiger partial charge in [-0.25, -0.2) is 9.37 Å². The van der Waals surface area contributed by atoms with E-state index in [-0.39, 0.29) is 17.7 Å². The van der Waals surface area contributed by atoms with Crippen molar-refractivity contribution in [2.75, 3.05) is 7.11 Å². The number of ether oxygens (including phenoxy) is 1. The fourth-order valence-corrected chi connectivity index (χ4v) is 3.24. The molecule has 0 amide bonds. The van der Waals surface area contributed by atoms with Crippen LogP contribution in [0.25, 0.3) is 11.4 Å². The van der Waals surface area contributed by atoms with Crippen LogP contribution in [0.1, 0.15) is 31.7 Å². The molecule has 122 valence electrons. The molecule has 0 bridgehead atoms. The Morgan fingerprint density at radius 2 is 2.09 bits per heavy atom. The van der Waals surface area contributed by atoms with Crippen molar-refractivity contribution < 1.29 is 19.0 Å². The van der Waals surface area contributed by atoms with Crippen molar-refractivity contribution in [1.82, 2.24) is 9.55 Å². The smallest absolute Gasteiger partial charge is 0.306 e. The Labute approximate surface area is 133 Å². The first-order valence-corrected chi connectivity index (χ1v) is 7.69. The van der Waals surface area contributed by atoms with Crippen LogP contribution in [0.15, 0.2) is 30.6 Å². The average Bonchev–Trinajstić information content (AvgIpc) is 3.04. The van der Waals surface area contributed by atoms with E-state index in [1.807, 2.05) is 10.8 Å². The molecule has 0 saturated heterocycles. The van der Waals surface area contributed by atoms with Crippen molar-refractivity contribution >= 4 is 5.97 Å². The van der Waals surface area contributed by atoms with E-state index in [2.05, 4.69) is 4.98 Å². The molecule has 2 aromatic rings. The van der Waals surface area contributed by atoms with Crippen molar-refractivity contribution in [3.05, 3.63) is 36.4 Å². The van der Waals surface area contributed by atoms with Crippen LogP contribution in [-0.2, 0) is 4.79 Å². The summed E-state index contributed by atoms with van der Waals surface area (Å²) < 4.78 is 20.9. The van der Waals surface area contributed by atoms with E-state index in [1.54, 1.807) is 18.3 Å². The van der Waals surface area contributed by atoms with E-state index >= 15 is 0 Å². The van der Waals surface area contributed by atoms with Crippen LogP contribution >= 0.6 is 0 Å². The molecule has 23 heavy (non-hydrogen) atoms. The number of aromatic nitrogens is 2. The van der Waals surface area contributed by atoms with Gasteiger partial charge in [-0.15, -0.1) is 0 Å². The number of carboxylic acid groups (broad SMARTS) is 1. The Morgan fingerprint density at radius 1 is 1.35 bits per heavy atom. The van der Waals surface area contributed by atoms with Gasteiger partial charge in [-0.1, -0.05) is 0 Å². The predicted octanol–water partition coefficient (Wildman–Crippen LogP) is 3.51. The van der Waals surface area contributed by atoms with Crippen LogP contribution in [0.4, 0.5) is 4.39 Å². The molecule has 1 aromatic carbocycles. The predicted molar refractivity (Wildman–Crippen MR) is 82.8 cm³/mol. The number of benzene rings is 1. The molecule has 1 fully saturated rings. The van der Waals surface area contributed by atoms with Crippen molar-refractivity contribution in [1.29, 1.82) is 0 Å². The van der Waals surface area contributed by atoms with Gasteiger partial charge >= 0.3 is 5.97 Å². The summed E-state index contributed by atoms with van der Waals surface area (Å²) in [4.78, 5) is 15.4. The van der Waals surface area contributed by atoms with Crippen molar-refractivity contribution in [3.8, 4) is 17.1 Å². The fraction of sp³-hybridized carbons (Fsp3) is 0.412. The maximum Gasteiger partial charge on any atom is 0.306 e. The first kappa shape index (κ1) is 15.5. The van der Waals surface area contributed by atoms with Crippen LogP contribution < -0.4 is 4.74 Å². The summed E-state index contributed by atoms with van der Waals surface area (Å²) >= 11 is 0. The third-order valence-electron chi connectivity index (χ3n) is 4.52. The Morgan fingerprint density at radius 3 is 2.70 bits per heavy atom. The lowest BCUT2D eigenvalue weighted by atomic mass is 9.86. The summed E-state index contributed by atoms with van der Waals surface area (Å²) in [6, 6.07) is 4.99. The Hall–Kier alpha value is -2.37. The number of rotatable bonds is 4. The molecule has 5 nitrogen and oxygen atoms in total. The Bertz CT molecular complexity index is 706. The van der Waals surface area contributed by atoms with Gasteiger partial charge in [0.25, 0.3) is 0 Å². The van der Waals surface area contributed by atoms with Crippen molar-refractivity contribution in [3.63, 3.8) is 0 Å². The molecule has 1 aliphatic carbocycles. The first-order valence-electron chi connectivity index (χ1n) is 7.69. The fourth-order valence-electron chi connectivity index (χ4n) is 3.24. The largest absolute Gasteiger partial charge is 0.494 e. The van der Waals surface area contributed by atoms with E-state index < -0.39 is 11.8 Å². The molecule has 6 heteroatoms. The molecule has 0 aliphatic heterocycles. The van der Waals surface area contributed by atoms with E-state index in [4.69, 9.17) is 9.84 Å². The van der Waals surface area contributed by atoms with Gasteiger partial charge in [-0.3, -0.25) is 4.79 Å². The van der Waals surface area contributed by atoms with Crippen LogP contribution in [0, 0.1) is 11.7 Å². The minimum Gasteiger partial charge on any atom is -0.494 e. The summed E-state index contributed by atoms with van der Waals surface area (Å²) in [6.45, 7) is 0. The van der Waals surface area contributed by atoms with E-state index in [0.29, 0.717) is 24.2 Å². The summed E-state index contributed by atoms with van der Waals surface area (Å²) in [7, 11) is 1.43. The highest BCUT2D eigenvalue weighted by Crippen LogP contribution is 2.35. The molecule has 0 radical (unpaired) electrons. The third kappa shape index (κ3) is 3.06. The Kier molecular flexibility index (Phi) is 4.32. The van der Waals surface area contributed by atoms with Gasteiger partial charge < -0.3 is 14.4 Å². The average molecular weight is 318 g/mol. The van der Waals surface area contributed by atoms with Gasteiger partial charge in [0.05, 0.1) is 13.0 Å². The molecular weight excluding hydrogens is 299 g/mol. The molecule has 1 aromatic heterocycles. The number of halogens is 1. The van der Waals surface area contributed by atoms with Gasteiger partial charge in [0.15, 0.2) is 11.6 Å². The summed E-state index contributed by atoms with van der Waals surface area (Å²) in [5.74, 6) is -0.489. The number of aliphatic carboxylic acids is 1. The number of hydrogen-bond acceptors (Lipinski definition) is 3. The number of hydrogen-bond donors (Lipinski definition) is 1. The minimum atomic E-state index is -0.716. The molecule has 1 N–H and O–H groups in total. The molecule has 1 aliphatic rings. The molecule has 0 unspecified atom stereocenters. The summed E-state index contributed by atoms with van der Waals surface area (Å²) in [5.41, 5.74) is 0.689. The molecule has 0 spiro atoms. The second-order valence-corrected chi connectivity index (χ2v) is 5.85. The van der Waals surface area contributed by atoms with Gasteiger partial charge in [-0.05, 0) is 43.9 Å². The van der Waals surface area contributed by atoms with Crippen LogP contribution in [-0.4, -0.2) is 27.7 Å². The van der Waals surface area contributed by atoms with E-state index in [1.165, 1.54) is 13.2 Å². The summed E-state index contributed by atoms with van der Waals surface area (Å²) in [6.07, 6.45) is 6.48. The zero-order chi connectivity index (χ0) is 16.4. The molecule has 1 saturated carbocycles. The van der Waals surface area contributed by atoms with Crippen molar-refractivity contribution in [2.45, 2.75) is 31.7 Å². The number of imidazole rings is 1. The second-order valence-electron chi connectivity index (χ2n) is 5.85. The Balaban J connectivity index is 1.83. The lowest BCUT2D eigenvalue weighted by Gasteiger charge is -2.28. The summed E-state index contributed by atoms with van der Waals surface area (Å²) in [5, 5.41) is 9.09. The highest BCUT2D eigenvalue weighted by atomic mass is 19.1. The molecular formula is C17H19FN2O3. The van der Waals surface area contributed by atoms with Gasteiger partial charge in [-0.2, -0.15) is 0 Å². The van der Waals surface area contributed by atoms with Crippen molar-refractivity contribution in [2.24, 2.45) is 5.92 Å². The number of methoxy groups -OCH3 is 1. The first-order chi connectivity index (χ1) is 11.1. The molecule has 1 heterocycles. The third-order valence-corrected chi connectivity index (χ3v) is 4.52. The van der Waals surface area contributed by atoms with Gasteiger partial charge in [0.1, 0.15) is 5.82 Å². The minimum absolute atomic E-state index is 0.202. The van der Waals surface area contributed by atoms with Crippen LogP contribution in [0.3, 0.4) is 0 Å². The van der Waals surface area contributed by atoms with Gasteiger partial charge in [0, 0.05) is 24.0 Å².